The van der Waals surface area contributed by atoms with E-state index in [2.05, 4.69) is 15.9 Å². The second-order valence-electron chi connectivity index (χ2n) is 3.05. The Kier molecular flexibility index (Phi) is 2.25. The third-order valence-electron chi connectivity index (χ3n) is 1.47. The van der Waals surface area contributed by atoms with E-state index in [-0.39, 0.29) is 11.9 Å². The third kappa shape index (κ3) is 1.73. The van der Waals surface area contributed by atoms with Crippen molar-refractivity contribution in [3.05, 3.63) is 0 Å². The van der Waals surface area contributed by atoms with Gasteiger partial charge in [0.2, 0.25) is 10.8 Å². The van der Waals surface area contributed by atoms with Crippen LogP contribution in [0, 0.1) is 5.92 Å². The molecule has 1 aliphatic heterocycles. The lowest BCUT2D eigenvalue weighted by Crippen LogP contribution is -2.24. The number of carbonyl (C=O) groups is 1. The van der Waals surface area contributed by atoms with Crippen molar-refractivity contribution in [2.75, 3.05) is 0 Å². The quantitative estimate of drug-likeness (QED) is 0.500. The van der Waals surface area contributed by atoms with Gasteiger partial charge in [0.15, 0.2) is 0 Å². The summed E-state index contributed by atoms with van der Waals surface area (Å²) < 4.78 is 9.25. The molecule has 64 valence electrons. The van der Waals surface area contributed by atoms with Gasteiger partial charge in [0.1, 0.15) is 0 Å². The predicted molar refractivity (Wildman–Crippen MR) is 43.1 cm³/mol. The van der Waals surface area contributed by atoms with E-state index in [1.807, 2.05) is 13.8 Å². The number of hydrogen-bond donors (Lipinski definition) is 0. The Balaban J connectivity index is 2.65. The molecule has 0 radical (unpaired) electrons. The first-order chi connectivity index (χ1) is 4.93. The van der Waals surface area contributed by atoms with Crippen molar-refractivity contribution >= 4 is 21.9 Å². The molecule has 4 heteroatoms. The van der Waals surface area contributed by atoms with E-state index in [1.54, 1.807) is 6.92 Å². The summed E-state index contributed by atoms with van der Waals surface area (Å²) in [6.45, 7) is 5.51. The van der Waals surface area contributed by atoms with Crippen LogP contribution in [0.15, 0.2) is 0 Å². The highest BCUT2D eigenvalue weighted by atomic mass is 79.9. The van der Waals surface area contributed by atoms with Crippen LogP contribution < -0.4 is 0 Å². The van der Waals surface area contributed by atoms with Gasteiger partial charge in [-0.2, -0.15) is 0 Å². The van der Waals surface area contributed by atoms with Gasteiger partial charge in [0, 0.05) is 5.92 Å². The molecule has 1 saturated heterocycles. The average Bonchev–Trinajstić information content (AvgIpc) is 2.08. The maximum atomic E-state index is 11.0. The molecule has 0 saturated carbocycles. The number of hydrogen-bond acceptors (Lipinski definition) is 3. The SMILES string of the molecule is CC(C)C1OC(=O)C(C)(Br)O1. The van der Waals surface area contributed by atoms with Crippen LogP contribution in [0.2, 0.25) is 0 Å². The molecule has 2 unspecified atom stereocenters. The van der Waals surface area contributed by atoms with Crippen LogP contribution in [0.3, 0.4) is 0 Å². The molecule has 0 spiro atoms. The molecule has 11 heavy (non-hydrogen) atoms. The number of carbonyl (C=O) groups excluding carboxylic acids is 1. The van der Waals surface area contributed by atoms with E-state index in [4.69, 9.17) is 9.47 Å². The second kappa shape index (κ2) is 2.75. The summed E-state index contributed by atoms with van der Waals surface area (Å²) in [6, 6.07) is 0. The molecule has 1 heterocycles. The van der Waals surface area contributed by atoms with E-state index in [1.165, 1.54) is 0 Å². The van der Waals surface area contributed by atoms with Gasteiger partial charge in [0.25, 0.3) is 0 Å². The number of esters is 1. The van der Waals surface area contributed by atoms with Gasteiger partial charge in [-0.3, -0.25) is 0 Å². The molecule has 1 rings (SSSR count). The largest absolute Gasteiger partial charge is 0.433 e. The zero-order valence-corrected chi connectivity index (χ0v) is 8.34. The van der Waals surface area contributed by atoms with Crippen LogP contribution in [-0.2, 0) is 14.3 Å². The highest BCUT2D eigenvalue weighted by Gasteiger charge is 2.45. The Bertz CT molecular complexity index is 177. The minimum Gasteiger partial charge on any atom is -0.433 e. The standard InChI is InChI=1S/C7H11BrO3/c1-4(2)5-10-6(9)7(3,8)11-5/h4-5H,1-3H3. The smallest absolute Gasteiger partial charge is 0.351 e. The van der Waals surface area contributed by atoms with Crippen LogP contribution in [0.4, 0.5) is 0 Å². The van der Waals surface area contributed by atoms with E-state index >= 15 is 0 Å². The monoisotopic (exact) mass is 222 g/mol. The summed E-state index contributed by atoms with van der Waals surface area (Å²) in [6.07, 6.45) is -0.410. The highest BCUT2D eigenvalue weighted by molar-refractivity contribution is 9.10. The molecule has 0 aromatic rings. The molecule has 1 aliphatic rings. The van der Waals surface area contributed by atoms with Gasteiger partial charge >= 0.3 is 5.97 Å². The number of halogens is 1. The third-order valence-corrected chi connectivity index (χ3v) is 1.98. The molecule has 0 bridgehead atoms. The Hall–Kier alpha value is -0.0900. The minimum absolute atomic E-state index is 0.193. The fourth-order valence-electron chi connectivity index (χ4n) is 0.773. The van der Waals surface area contributed by atoms with Gasteiger partial charge in [-0.25, -0.2) is 4.79 Å². The van der Waals surface area contributed by atoms with Crippen molar-refractivity contribution in [1.29, 1.82) is 0 Å². The van der Waals surface area contributed by atoms with Crippen molar-refractivity contribution in [1.82, 2.24) is 0 Å². The molecular weight excluding hydrogens is 212 g/mol. The molecule has 1 fully saturated rings. The molecule has 0 aliphatic carbocycles. The zero-order valence-electron chi connectivity index (χ0n) is 6.76. The van der Waals surface area contributed by atoms with Crippen LogP contribution >= 0.6 is 15.9 Å². The molecule has 0 aromatic heterocycles. The Morgan fingerprint density at radius 1 is 1.64 bits per heavy atom. The zero-order chi connectivity index (χ0) is 8.65. The lowest BCUT2D eigenvalue weighted by Gasteiger charge is -2.13. The van der Waals surface area contributed by atoms with E-state index in [0.29, 0.717) is 0 Å². The van der Waals surface area contributed by atoms with Gasteiger partial charge in [-0.05, 0) is 22.9 Å². The van der Waals surface area contributed by atoms with Gasteiger partial charge in [-0.1, -0.05) is 13.8 Å². The fourth-order valence-corrected chi connectivity index (χ4v) is 1.05. The predicted octanol–water partition coefficient (Wildman–Crippen LogP) is 1.65. The van der Waals surface area contributed by atoms with Gasteiger partial charge in [-0.15, -0.1) is 0 Å². The van der Waals surface area contributed by atoms with Crippen LogP contribution in [-0.4, -0.2) is 16.8 Å². The number of cyclic esters (lactones) is 1. The lowest BCUT2D eigenvalue weighted by atomic mass is 10.2. The highest BCUT2D eigenvalue weighted by Crippen LogP contribution is 2.32. The normalized spacial score (nSPS) is 37.9. The molecular formula is C7H11BrO3. The van der Waals surface area contributed by atoms with Crippen molar-refractivity contribution in [3.8, 4) is 0 Å². The topological polar surface area (TPSA) is 35.5 Å². The first-order valence-corrected chi connectivity index (χ1v) is 4.30. The number of rotatable bonds is 1. The minimum atomic E-state index is -0.943. The average molecular weight is 223 g/mol. The van der Waals surface area contributed by atoms with Crippen LogP contribution in [0.1, 0.15) is 20.8 Å². The number of alkyl halides is 1. The molecule has 0 N–H and O–H groups in total. The molecule has 2 atom stereocenters. The summed E-state index contributed by atoms with van der Waals surface area (Å²) in [5.41, 5.74) is 0. The first kappa shape index (κ1) is 9.00. The van der Waals surface area contributed by atoms with Crippen molar-refractivity contribution < 1.29 is 14.3 Å². The van der Waals surface area contributed by atoms with Gasteiger partial charge < -0.3 is 9.47 Å². The van der Waals surface area contributed by atoms with Crippen LogP contribution in [0.5, 0.6) is 0 Å². The van der Waals surface area contributed by atoms with E-state index in [9.17, 15) is 4.79 Å². The van der Waals surface area contributed by atoms with Crippen molar-refractivity contribution in [2.45, 2.75) is 31.6 Å². The molecule has 0 amide bonds. The Labute approximate surface area is 74.2 Å². The Morgan fingerprint density at radius 3 is 2.36 bits per heavy atom. The summed E-state index contributed by atoms with van der Waals surface area (Å²) in [7, 11) is 0. The Morgan fingerprint density at radius 2 is 2.18 bits per heavy atom. The summed E-state index contributed by atoms with van der Waals surface area (Å²) in [4.78, 5) is 11.0. The summed E-state index contributed by atoms with van der Waals surface area (Å²) in [5.74, 6) is -0.158. The summed E-state index contributed by atoms with van der Waals surface area (Å²) in [5, 5.41) is 0. The van der Waals surface area contributed by atoms with Crippen molar-refractivity contribution in [2.24, 2.45) is 5.92 Å². The maximum absolute atomic E-state index is 11.0. The van der Waals surface area contributed by atoms with Crippen molar-refractivity contribution in [3.63, 3.8) is 0 Å². The maximum Gasteiger partial charge on any atom is 0.351 e. The second-order valence-corrected chi connectivity index (χ2v) is 4.57. The lowest BCUT2D eigenvalue weighted by molar-refractivity contribution is -0.146. The van der Waals surface area contributed by atoms with Gasteiger partial charge in [0.05, 0.1) is 0 Å². The fraction of sp³-hybridized carbons (Fsp3) is 0.857. The summed E-state index contributed by atoms with van der Waals surface area (Å²) >= 11 is 3.12. The number of ether oxygens (including phenoxy) is 2. The van der Waals surface area contributed by atoms with E-state index in [0.717, 1.165) is 0 Å². The van der Waals surface area contributed by atoms with Crippen LogP contribution in [0.25, 0.3) is 0 Å². The van der Waals surface area contributed by atoms with E-state index < -0.39 is 10.8 Å². The first-order valence-electron chi connectivity index (χ1n) is 3.51. The molecule has 0 aromatic carbocycles. The molecule has 3 nitrogen and oxygen atoms in total.